The highest BCUT2D eigenvalue weighted by Gasteiger charge is 2.24. The summed E-state index contributed by atoms with van der Waals surface area (Å²) in [6.45, 7) is 0.954. The molecule has 1 aromatic heterocycles. The van der Waals surface area contributed by atoms with Crippen molar-refractivity contribution in [3.05, 3.63) is 89.7 Å². The fourth-order valence-corrected chi connectivity index (χ4v) is 3.99. The predicted molar refractivity (Wildman–Crippen MR) is 110 cm³/mol. The lowest BCUT2D eigenvalue weighted by molar-refractivity contribution is -0.116. The molecule has 1 N–H and O–H groups in total. The Morgan fingerprint density at radius 2 is 1.75 bits per heavy atom. The van der Waals surface area contributed by atoms with Gasteiger partial charge in [-0.15, -0.1) is 11.8 Å². The van der Waals surface area contributed by atoms with Crippen LogP contribution in [0.4, 0.5) is 5.69 Å². The zero-order valence-electron chi connectivity index (χ0n) is 15.2. The lowest BCUT2D eigenvalue weighted by atomic mass is 10.1. The van der Waals surface area contributed by atoms with Crippen LogP contribution in [-0.2, 0) is 17.9 Å². The van der Waals surface area contributed by atoms with E-state index in [4.69, 9.17) is 0 Å². The van der Waals surface area contributed by atoms with E-state index in [1.807, 2.05) is 53.4 Å². The summed E-state index contributed by atoms with van der Waals surface area (Å²) in [7, 11) is 0. The molecule has 0 radical (unpaired) electrons. The Balaban J connectivity index is 1.42. The Labute approximate surface area is 167 Å². The molecule has 0 unspecified atom stereocenters. The van der Waals surface area contributed by atoms with E-state index in [1.54, 1.807) is 36.3 Å². The monoisotopic (exact) mass is 389 g/mol. The standard InChI is InChI=1S/C22H19N3O2S/c26-21-15-28-20-4-2-1-3-19(20)25(21)14-17-5-7-18(8-6-17)22(27)24-13-16-9-11-23-12-10-16/h1-12H,13-15H2,(H,24,27). The molecule has 0 atom stereocenters. The van der Waals surface area contributed by atoms with E-state index in [0.29, 0.717) is 24.4 Å². The molecule has 1 aliphatic heterocycles. The number of carbonyl (C=O) groups excluding carboxylic acids is 2. The highest BCUT2D eigenvalue weighted by atomic mass is 32.2. The fourth-order valence-electron chi connectivity index (χ4n) is 3.06. The predicted octanol–water partition coefficient (Wildman–Crippen LogP) is 3.65. The average molecular weight is 389 g/mol. The van der Waals surface area contributed by atoms with E-state index >= 15 is 0 Å². The molecule has 0 fully saturated rings. The molecule has 4 rings (SSSR count). The quantitative estimate of drug-likeness (QED) is 0.724. The number of nitrogens with zero attached hydrogens (tertiary/aromatic N) is 2. The number of carbonyl (C=O) groups is 2. The average Bonchev–Trinajstić information content (AvgIpc) is 2.75. The molecule has 2 amide bonds. The van der Waals surface area contributed by atoms with Gasteiger partial charge < -0.3 is 10.2 Å². The van der Waals surface area contributed by atoms with Crippen molar-refractivity contribution in [3.8, 4) is 0 Å². The number of aromatic nitrogens is 1. The van der Waals surface area contributed by atoms with Gasteiger partial charge in [-0.2, -0.15) is 0 Å². The van der Waals surface area contributed by atoms with Gasteiger partial charge in [0.25, 0.3) is 5.91 Å². The van der Waals surface area contributed by atoms with E-state index < -0.39 is 0 Å². The molecule has 2 heterocycles. The van der Waals surface area contributed by atoms with E-state index in [-0.39, 0.29) is 11.8 Å². The fraction of sp³-hybridized carbons (Fsp3) is 0.136. The summed E-state index contributed by atoms with van der Waals surface area (Å²) in [4.78, 5) is 31.6. The van der Waals surface area contributed by atoms with Crippen LogP contribution in [0.5, 0.6) is 0 Å². The van der Waals surface area contributed by atoms with E-state index in [9.17, 15) is 9.59 Å². The van der Waals surface area contributed by atoms with Gasteiger partial charge in [0, 0.05) is 29.4 Å². The number of thioether (sulfide) groups is 1. The van der Waals surface area contributed by atoms with Crippen molar-refractivity contribution in [1.29, 1.82) is 0 Å². The largest absolute Gasteiger partial charge is 0.348 e. The maximum atomic E-state index is 12.4. The Hall–Kier alpha value is -3.12. The number of para-hydroxylation sites is 1. The zero-order chi connectivity index (χ0) is 19.3. The number of amides is 2. The number of nitrogens with one attached hydrogen (secondary N) is 1. The van der Waals surface area contributed by atoms with Crippen LogP contribution in [0.1, 0.15) is 21.5 Å². The summed E-state index contributed by atoms with van der Waals surface area (Å²) in [5.41, 5.74) is 3.53. The first-order valence-corrected chi connectivity index (χ1v) is 9.97. The third-order valence-corrected chi connectivity index (χ3v) is 5.62. The summed E-state index contributed by atoms with van der Waals surface area (Å²) < 4.78 is 0. The first kappa shape index (κ1) is 18.3. The normalized spacial score (nSPS) is 13.1. The lowest BCUT2D eigenvalue weighted by Crippen LogP contribution is -2.34. The van der Waals surface area contributed by atoms with Gasteiger partial charge in [0.1, 0.15) is 0 Å². The van der Waals surface area contributed by atoms with Crippen molar-refractivity contribution in [2.75, 3.05) is 10.7 Å². The molecule has 0 spiro atoms. The van der Waals surface area contributed by atoms with E-state index in [2.05, 4.69) is 10.3 Å². The van der Waals surface area contributed by atoms with Crippen LogP contribution in [0.2, 0.25) is 0 Å². The van der Waals surface area contributed by atoms with Gasteiger partial charge in [-0.05, 0) is 47.5 Å². The topological polar surface area (TPSA) is 62.3 Å². The van der Waals surface area contributed by atoms with Crippen LogP contribution in [0.15, 0.2) is 78.0 Å². The molecule has 0 aliphatic carbocycles. The third kappa shape index (κ3) is 4.07. The summed E-state index contributed by atoms with van der Waals surface area (Å²) in [6, 6.07) is 19.1. The van der Waals surface area contributed by atoms with Crippen molar-refractivity contribution in [2.24, 2.45) is 0 Å². The number of hydrogen-bond donors (Lipinski definition) is 1. The van der Waals surface area contributed by atoms with Crippen LogP contribution in [0, 0.1) is 0 Å². The van der Waals surface area contributed by atoms with Crippen molar-refractivity contribution in [1.82, 2.24) is 10.3 Å². The Morgan fingerprint density at radius 1 is 1.00 bits per heavy atom. The molecule has 5 nitrogen and oxygen atoms in total. The van der Waals surface area contributed by atoms with Crippen molar-refractivity contribution < 1.29 is 9.59 Å². The lowest BCUT2D eigenvalue weighted by Gasteiger charge is -2.29. The highest BCUT2D eigenvalue weighted by molar-refractivity contribution is 8.00. The number of anilines is 1. The third-order valence-electron chi connectivity index (χ3n) is 4.57. The van der Waals surface area contributed by atoms with Crippen LogP contribution < -0.4 is 10.2 Å². The SMILES string of the molecule is O=C(NCc1ccncc1)c1ccc(CN2C(=O)CSc3ccccc32)cc1. The summed E-state index contributed by atoms with van der Waals surface area (Å²) in [5.74, 6) is 0.425. The van der Waals surface area contributed by atoms with Gasteiger partial charge in [0.15, 0.2) is 0 Å². The van der Waals surface area contributed by atoms with Crippen molar-refractivity contribution in [3.63, 3.8) is 0 Å². The molecule has 3 aromatic rings. The zero-order valence-corrected chi connectivity index (χ0v) is 16.0. The minimum atomic E-state index is -0.126. The summed E-state index contributed by atoms with van der Waals surface area (Å²) >= 11 is 1.57. The van der Waals surface area contributed by atoms with Gasteiger partial charge in [-0.1, -0.05) is 24.3 Å². The number of hydrogen-bond acceptors (Lipinski definition) is 4. The first-order valence-electron chi connectivity index (χ1n) is 8.99. The number of fused-ring (bicyclic) bond motifs is 1. The smallest absolute Gasteiger partial charge is 0.251 e. The Morgan fingerprint density at radius 3 is 2.54 bits per heavy atom. The highest BCUT2D eigenvalue weighted by Crippen LogP contribution is 2.35. The van der Waals surface area contributed by atoms with E-state index in [0.717, 1.165) is 21.7 Å². The second-order valence-corrected chi connectivity index (χ2v) is 7.49. The molecule has 140 valence electrons. The number of benzene rings is 2. The van der Waals surface area contributed by atoms with Crippen molar-refractivity contribution in [2.45, 2.75) is 18.0 Å². The minimum absolute atomic E-state index is 0.0999. The van der Waals surface area contributed by atoms with Crippen LogP contribution in [0.25, 0.3) is 0 Å². The van der Waals surface area contributed by atoms with Crippen LogP contribution in [-0.4, -0.2) is 22.6 Å². The summed E-state index contributed by atoms with van der Waals surface area (Å²) in [6.07, 6.45) is 3.41. The van der Waals surface area contributed by atoms with Crippen LogP contribution in [0.3, 0.4) is 0 Å². The van der Waals surface area contributed by atoms with Gasteiger partial charge in [-0.3, -0.25) is 14.6 Å². The van der Waals surface area contributed by atoms with Gasteiger partial charge >= 0.3 is 0 Å². The van der Waals surface area contributed by atoms with Gasteiger partial charge in [0.2, 0.25) is 5.91 Å². The molecule has 1 aliphatic rings. The maximum absolute atomic E-state index is 12.4. The molecule has 2 aromatic carbocycles. The second-order valence-electron chi connectivity index (χ2n) is 6.47. The Bertz CT molecular complexity index is 990. The number of pyridine rings is 1. The molecule has 0 saturated heterocycles. The molecule has 28 heavy (non-hydrogen) atoms. The second kappa shape index (κ2) is 8.27. The van der Waals surface area contributed by atoms with Gasteiger partial charge in [0.05, 0.1) is 18.0 Å². The van der Waals surface area contributed by atoms with Gasteiger partial charge in [-0.25, -0.2) is 0 Å². The van der Waals surface area contributed by atoms with Crippen molar-refractivity contribution >= 4 is 29.3 Å². The first-order chi connectivity index (χ1) is 13.7. The summed E-state index contributed by atoms with van der Waals surface area (Å²) in [5, 5.41) is 2.90. The number of rotatable bonds is 5. The molecular weight excluding hydrogens is 370 g/mol. The van der Waals surface area contributed by atoms with E-state index in [1.165, 1.54) is 0 Å². The minimum Gasteiger partial charge on any atom is -0.348 e. The Kier molecular flexibility index (Phi) is 5.39. The molecule has 0 saturated carbocycles. The maximum Gasteiger partial charge on any atom is 0.251 e. The molecule has 0 bridgehead atoms. The van der Waals surface area contributed by atoms with Crippen LogP contribution >= 0.6 is 11.8 Å². The molecular formula is C22H19N3O2S. The molecule has 6 heteroatoms.